The summed E-state index contributed by atoms with van der Waals surface area (Å²) in [4.78, 5) is 19.3. The number of carbonyl (C=O) groups is 1. The van der Waals surface area contributed by atoms with E-state index in [-0.39, 0.29) is 23.6 Å². The number of benzene rings is 1. The topological polar surface area (TPSA) is 73.7 Å². The SMILES string of the molecule is C[C@](O)(c1ccc(C(=O)N(C2CC2)C2CCC(O)(c3nccs3)CC2)cc1)C(F)(F)F. The molecule has 2 aromatic rings. The maximum atomic E-state index is 13.2. The van der Waals surface area contributed by atoms with Crippen molar-refractivity contribution in [1.82, 2.24) is 9.88 Å². The van der Waals surface area contributed by atoms with Gasteiger partial charge in [0, 0.05) is 29.2 Å². The number of rotatable bonds is 5. The van der Waals surface area contributed by atoms with Crippen LogP contribution in [0.15, 0.2) is 35.8 Å². The van der Waals surface area contributed by atoms with Gasteiger partial charge in [-0.1, -0.05) is 12.1 Å². The van der Waals surface area contributed by atoms with Gasteiger partial charge in [-0.05, 0) is 63.1 Å². The molecule has 2 saturated carbocycles. The van der Waals surface area contributed by atoms with Crippen LogP contribution in [-0.2, 0) is 11.2 Å². The van der Waals surface area contributed by atoms with Crippen molar-refractivity contribution >= 4 is 17.2 Å². The number of halogens is 3. The molecule has 1 aromatic carbocycles. The Kier molecular flexibility index (Phi) is 5.64. The third kappa shape index (κ3) is 4.23. The standard InChI is InChI=1S/C22H25F3N2O3S/c1-20(29,22(23,24)25)15-4-2-14(3-5-15)18(28)27(16-6-7-16)17-8-10-21(30,11-9-17)19-26-12-13-31-19/h2-5,12-13,16-17,29-30H,6-11H2,1H3/t17?,20-,21?/m0/s1. The summed E-state index contributed by atoms with van der Waals surface area (Å²) in [6, 6.07) is 5.12. The van der Waals surface area contributed by atoms with Gasteiger partial charge in [-0.15, -0.1) is 11.3 Å². The van der Waals surface area contributed by atoms with Crippen LogP contribution in [0.25, 0.3) is 0 Å². The highest BCUT2D eigenvalue weighted by atomic mass is 32.1. The van der Waals surface area contributed by atoms with Crippen molar-refractivity contribution in [2.24, 2.45) is 0 Å². The van der Waals surface area contributed by atoms with E-state index in [1.165, 1.54) is 23.5 Å². The first kappa shape index (κ1) is 22.2. The fraction of sp³-hybridized carbons (Fsp3) is 0.545. The lowest BCUT2D eigenvalue weighted by Gasteiger charge is -2.40. The number of hydrogen-bond donors (Lipinski definition) is 2. The summed E-state index contributed by atoms with van der Waals surface area (Å²) in [5.41, 5.74) is -3.95. The first-order chi connectivity index (χ1) is 14.5. The van der Waals surface area contributed by atoms with Crippen molar-refractivity contribution in [3.05, 3.63) is 52.0 Å². The number of thiazole rings is 1. The molecule has 31 heavy (non-hydrogen) atoms. The van der Waals surface area contributed by atoms with Gasteiger partial charge in [0.05, 0.1) is 0 Å². The molecule has 9 heteroatoms. The quantitative estimate of drug-likeness (QED) is 0.705. The smallest absolute Gasteiger partial charge is 0.383 e. The fourth-order valence-electron chi connectivity index (χ4n) is 4.26. The Labute approximate surface area is 182 Å². The van der Waals surface area contributed by atoms with Crippen LogP contribution >= 0.6 is 11.3 Å². The van der Waals surface area contributed by atoms with Crippen molar-refractivity contribution in [2.75, 3.05) is 0 Å². The molecule has 0 spiro atoms. The molecule has 0 unspecified atom stereocenters. The Morgan fingerprint density at radius 3 is 2.19 bits per heavy atom. The molecule has 2 fully saturated rings. The minimum absolute atomic E-state index is 0.0294. The van der Waals surface area contributed by atoms with Crippen LogP contribution in [0.1, 0.15) is 66.4 Å². The van der Waals surface area contributed by atoms with Gasteiger partial charge in [-0.2, -0.15) is 13.2 Å². The lowest BCUT2D eigenvalue weighted by atomic mass is 9.81. The number of nitrogens with zero attached hydrogens (tertiary/aromatic N) is 2. The molecule has 0 radical (unpaired) electrons. The number of aromatic nitrogens is 1. The number of carbonyl (C=O) groups excluding carboxylic acids is 1. The molecule has 2 aliphatic carbocycles. The Morgan fingerprint density at radius 1 is 1.13 bits per heavy atom. The van der Waals surface area contributed by atoms with Crippen LogP contribution in [0.3, 0.4) is 0 Å². The van der Waals surface area contributed by atoms with Gasteiger partial charge >= 0.3 is 6.18 Å². The van der Waals surface area contributed by atoms with Crippen LogP contribution in [0, 0.1) is 0 Å². The summed E-state index contributed by atoms with van der Waals surface area (Å²) in [5, 5.41) is 23.3. The van der Waals surface area contributed by atoms with Gasteiger partial charge in [0.2, 0.25) is 0 Å². The summed E-state index contributed by atoms with van der Waals surface area (Å²) in [6.07, 6.45) is 0.959. The third-order valence-corrected chi connectivity index (χ3v) is 7.39. The molecule has 2 aliphatic rings. The summed E-state index contributed by atoms with van der Waals surface area (Å²) in [5.74, 6) is -0.217. The molecule has 4 rings (SSSR count). The molecule has 1 atom stereocenters. The van der Waals surface area contributed by atoms with Crippen molar-refractivity contribution in [2.45, 2.75) is 74.9 Å². The molecule has 0 aliphatic heterocycles. The van der Waals surface area contributed by atoms with Gasteiger partial charge in [0.15, 0.2) is 5.60 Å². The van der Waals surface area contributed by atoms with Crippen LogP contribution in [0.4, 0.5) is 13.2 Å². The van der Waals surface area contributed by atoms with Crippen LogP contribution in [0.5, 0.6) is 0 Å². The Hall–Kier alpha value is -1.97. The predicted octanol–water partition coefficient (Wildman–Crippen LogP) is 4.35. The lowest BCUT2D eigenvalue weighted by Crippen LogP contribution is -2.46. The Balaban J connectivity index is 1.49. The summed E-state index contributed by atoms with van der Waals surface area (Å²) in [6.45, 7) is 0.700. The lowest BCUT2D eigenvalue weighted by molar-refractivity contribution is -0.258. The van der Waals surface area contributed by atoms with E-state index in [0.29, 0.717) is 43.2 Å². The molecule has 0 saturated heterocycles. The zero-order chi connectivity index (χ0) is 22.4. The third-order valence-electron chi connectivity index (χ3n) is 6.43. The molecule has 0 bridgehead atoms. The van der Waals surface area contributed by atoms with Gasteiger partial charge in [-0.25, -0.2) is 4.98 Å². The monoisotopic (exact) mass is 454 g/mol. The number of alkyl halides is 3. The maximum absolute atomic E-state index is 13.2. The summed E-state index contributed by atoms with van der Waals surface area (Å²) < 4.78 is 39.2. The number of hydrogen-bond acceptors (Lipinski definition) is 5. The van der Waals surface area contributed by atoms with Gasteiger partial charge < -0.3 is 15.1 Å². The highest BCUT2D eigenvalue weighted by molar-refractivity contribution is 7.09. The second-order valence-electron chi connectivity index (χ2n) is 8.69. The molecule has 168 valence electrons. The summed E-state index contributed by atoms with van der Waals surface area (Å²) >= 11 is 1.42. The largest absolute Gasteiger partial charge is 0.421 e. The molecule has 1 aromatic heterocycles. The first-order valence-corrected chi connectivity index (χ1v) is 11.3. The highest BCUT2D eigenvalue weighted by Crippen LogP contribution is 2.43. The van der Waals surface area contributed by atoms with E-state index in [9.17, 15) is 28.2 Å². The minimum atomic E-state index is -4.81. The molecule has 1 amide bonds. The van der Waals surface area contributed by atoms with E-state index in [1.54, 1.807) is 6.20 Å². The number of amides is 1. The molecule has 5 nitrogen and oxygen atoms in total. The van der Waals surface area contributed by atoms with Crippen LogP contribution < -0.4 is 0 Å². The van der Waals surface area contributed by atoms with Crippen molar-refractivity contribution in [3.63, 3.8) is 0 Å². The van der Waals surface area contributed by atoms with E-state index in [1.807, 2.05) is 10.3 Å². The van der Waals surface area contributed by atoms with Gasteiger partial charge in [-0.3, -0.25) is 4.79 Å². The van der Waals surface area contributed by atoms with Crippen LogP contribution in [0.2, 0.25) is 0 Å². The second-order valence-corrected chi connectivity index (χ2v) is 9.59. The van der Waals surface area contributed by atoms with E-state index in [0.717, 1.165) is 25.0 Å². The fourth-order valence-corrected chi connectivity index (χ4v) is 5.05. The van der Waals surface area contributed by atoms with Gasteiger partial charge in [0.1, 0.15) is 10.6 Å². The van der Waals surface area contributed by atoms with Gasteiger partial charge in [0.25, 0.3) is 5.91 Å². The Morgan fingerprint density at radius 2 is 1.71 bits per heavy atom. The first-order valence-electron chi connectivity index (χ1n) is 10.4. The minimum Gasteiger partial charge on any atom is -0.383 e. The van der Waals surface area contributed by atoms with E-state index >= 15 is 0 Å². The normalized spacial score (nSPS) is 26.3. The van der Waals surface area contributed by atoms with E-state index in [4.69, 9.17) is 0 Å². The molecular formula is C22H25F3N2O3S. The van der Waals surface area contributed by atoms with E-state index in [2.05, 4.69) is 4.98 Å². The second kappa shape index (κ2) is 7.86. The maximum Gasteiger partial charge on any atom is 0.421 e. The van der Waals surface area contributed by atoms with Crippen molar-refractivity contribution in [1.29, 1.82) is 0 Å². The highest BCUT2D eigenvalue weighted by Gasteiger charge is 2.51. The zero-order valence-corrected chi connectivity index (χ0v) is 17.9. The van der Waals surface area contributed by atoms with Crippen LogP contribution in [-0.4, -0.2) is 44.3 Å². The average molecular weight is 455 g/mol. The van der Waals surface area contributed by atoms with Crippen molar-refractivity contribution in [3.8, 4) is 0 Å². The zero-order valence-electron chi connectivity index (χ0n) is 17.1. The predicted molar refractivity (Wildman–Crippen MR) is 110 cm³/mol. The molecule has 2 N–H and O–H groups in total. The number of aliphatic hydroxyl groups is 2. The van der Waals surface area contributed by atoms with Crippen molar-refractivity contribution < 1.29 is 28.2 Å². The van der Waals surface area contributed by atoms with E-state index < -0.39 is 17.4 Å². The molecular weight excluding hydrogens is 429 g/mol. The Bertz CT molecular complexity index is 916. The average Bonchev–Trinajstić information content (AvgIpc) is 3.39. The summed E-state index contributed by atoms with van der Waals surface area (Å²) in [7, 11) is 0. The molecule has 1 heterocycles.